The Morgan fingerprint density at radius 1 is 1.22 bits per heavy atom. The maximum atomic E-state index is 10.9. The fraction of sp³-hybridized carbons (Fsp3) is 0.0909. The molecule has 2 aromatic heterocycles. The van der Waals surface area contributed by atoms with Gasteiger partial charge in [0.15, 0.2) is 17.3 Å². The molecular weight excluding hydrogens is 240 g/mol. The summed E-state index contributed by atoms with van der Waals surface area (Å²) in [6.07, 6.45) is 1.39. The molecule has 0 amide bonds. The van der Waals surface area contributed by atoms with Crippen LogP contribution in [0.2, 0.25) is 0 Å². The van der Waals surface area contributed by atoms with E-state index in [1.165, 1.54) is 18.3 Å². The molecule has 0 aliphatic rings. The third-order valence-corrected chi connectivity index (χ3v) is 2.20. The van der Waals surface area contributed by atoms with Gasteiger partial charge in [0.25, 0.3) is 0 Å². The van der Waals surface area contributed by atoms with Gasteiger partial charge in [0.1, 0.15) is 5.69 Å². The second-order valence-electron chi connectivity index (χ2n) is 3.45. The van der Waals surface area contributed by atoms with Crippen LogP contribution in [0.4, 0.5) is 0 Å². The summed E-state index contributed by atoms with van der Waals surface area (Å²) < 4.78 is 5.19. The van der Waals surface area contributed by atoms with Crippen molar-refractivity contribution in [1.29, 1.82) is 0 Å². The van der Waals surface area contributed by atoms with Gasteiger partial charge in [-0.1, -0.05) is 0 Å². The van der Waals surface area contributed by atoms with Gasteiger partial charge >= 0.3 is 11.9 Å². The summed E-state index contributed by atoms with van der Waals surface area (Å²) in [6, 6.07) is 2.54. The van der Waals surface area contributed by atoms with Gasteiger partial charge in [-0.2, -0.15) is 0 Å². The van der Waals surface area contributed by atoms with Crippen molar-refractivity contribution in [3.05, 3.63) is 35.5 Å². The lowest BCUT2D eigenvalue weighted by Gasteiger charge is -2.02. The van der Waals surface area contributed by atoms with E-state index in [0.717, 1.165) is 0 Å². The molecule has 0 saturated heterocycles. The Labute approximate surface area is 101 Å². The number of oxazole rings is 1. The SMILES string of the molecule is Cc1ncc(-c2ccc(C(=O)O)c(C(=O)O)n2)o1. The number of aromatic carboxylic acids is 2. The van der Waals surface area contributed by atoms with E-state index in [2.05, 4.69) is 9.97 Å². The summed E-state index contributed by atoms with van der Waals surface area (Å²) in [5.41, 5.74) is -0.686. The van der Waals surface area contributed by atoms with Crippen molar-refractivity contribution >= 4 is 11.9 Å². The highest BCUT2D eigenvalue weighted by molar-refractivity contribution is 6.00. The minimum atomic E-state index is -1.41. The molecular formula is C11H8N2O5. The van der Waals surface area contributed by atoms with Gasteiger partial charge in [0.05, 0.1) is 11.8 Å². The number of rotatable bonds is 3. The van der Waals surface area contributed by atoms with E-state index >= 15 is 0 Å². The zero-order chi connectivity index (χ0) is 13.3. The Morgan fingerprint density at radius 3 is 2.44 bits per heavy atom. The predicted octanol–water partition coefficient (Wildman–Crippen LogP) is 1.44. The van der Waals surface area contributed by atoms with Crippen LogP contribution < -0.4 is 0 Å². The van der Waals surface area contributed by atoms with Crippen molar-refractivity contribution in [1.82, 2.24) is 9.97 Å². The molecule has 0 spiro atoms. The predicted molar refractivity (Wildman–Crippen MR) is 58.4 cm³/mol. The first kappa shape index (κ1) is 11.8. The van der Waals surface area contributed by atoms with Gasteiger partial charge in [0.2, 0.25) is 0 Å². The minimum absolute atomic E-state index is 0.220. The van der Waals surface area contributed by atoms with Crippen molar-refractivity contribution in [2.45, 2.75) is 6.92 Å². The summed E-state index contributed by atoms with van der Waals surface area (Å²) in [5, 5.41) is 17.8. The molecule has 0 aliphatic carbocycles. The topological polar surface area (TPSA) is 114 Å². The third kappa shape index (κ3) is 2.05. The number of hydrogen-bond acceptors (Lipinski definition) is 5. The summed E-state index contributed by atoms with van der Waals surface area (Å²) in [5.74, 6) is -2.07. The number of carboxylic acids is 2. The van der Waals surface area contributed by atoms with Gasteiger partial charge in [-0.05, 0) is 12.1 Å². The largest absolute Gasteiger partial charge is 0.478 e. The highest BCUT2D eigenvalue weighted by Gasteiger charge is 2.19. The van der Waals surface area contributed by atoms with E-state index in [0.29, 0.717) is 5.89 Å². The molecule has 0 bridgehead atoms. The highest BCUT2D eigenvalue weighted by Crippen LogP contribution is 2.20. The number of nitrogens with zero attached hydrogens (tertiary/aromatic N) is 2. The lowest BCUT2D eigenvalue weighted by atomic mass is 10.1. The quantitative estimate of drug-likeness (QED) is 0.844. The Bertz CT molecular complexity index is 632. The van der Waals surface area contributed by atoms with Crippen molar-refractivity contribution < 1.29 is 24.2 Å². The molecule has 2 heterocycles. The summed E-state index contributed by atoms with van der Waals surface area (Å²) in [6.45, 7) is 1.63. The Morgan fingerprint density at radius 2 is 1.94 bits per heavy atom. The zero-order valence-electron chi connectivity index (χ0n) is 9.25. The lowest BCUT2D eigenvalue weighted by Crippen LogP contribution is -2.10. The van der Waals surface area contributed by atoms with Crippen molar-refractivity contribution in [2.75, 3.05) is 0 Å². The van der Waals surface area contributed by atoms with Crippen LogP contribution in [0.5, 0.6) is 0 Å². The van der Waals surface area contributed by atoms with Gasteiger partial charge in [-0.25, -0.2) is 19.6 Å². The van der Waals surface area contributed by atoms with E-state index in [-0.39, 0.29) is 17.0 Å². The molecule has 0 fully saturated rings. The highest BCUT2D eigenvalue weighted by atomic mass is 16.4. The maximum absolute atomic E-state index is 10.9. The number of aromatic nitrogens is 2. The molecule has 0 aromatic carbocycles. The lowest BCUT2D eigenvalue weighted by molar-refractivity contribution is 0.0646. The van der Waals surface area contributed by atoms with Crippen LogP contribution in [0.3, 0.4) is 0 Å². The van der Waals surface area contributed by atoms with Crippen molar-refractivity contribution in [2.24, 2.45) is 0 Å². The maximum Gasteiger partial charge on any atom is 0.355 e. The number of carboxylic acid groups (broad SMARTS) is 2. The fourth-order valence-electron chi connectivity index (χ4n) is 1.41. The van der Waals surface area contributed by atoms with Gasteiger partial charge in [-0.15, -0.1) is 0 Å². The first-order valence-electron chi connectivity index (χ1n) is 4.89. The summed E-state index contributed by atoms with van der Waals surface area (Å²) in [7, 11) is 0. The Balaban J connectivity index is 2.56. The average Bonchev–Trinajstić information content (AvgIpc) is 2.75. The second kappa shape index (κ2) is 4.28. The number of hydrogen-bond donors (Lipinski definition) is 2. The molecule has 0 saturated carbocycles. The van der Waals surface area contributed by atoms with Crippen LogP contribution in [0.1, 0.15) is 26.7 Å². The van der Waals surface area contributed by atoms with Crippen molar-refractivity contribution in [3.8, 4) is 11.5 Å². The number of pyridine rings is 1. The van der Waals surface area contributed by atoms with Crippen LogP contribution in [-0.2, 0) is 0 Å². The second-order valence-corrected chi connectivity index (χ2v) is 3.45. The van der Waals surface area contributed by atoms with Gasteiger partial charge < -0.3 is 14.6 Å². The van der Waals surface area contributed by atoms with Crippen LogP contribution in [0.15, 0.2) is 22.7 Å². The van der Waals surface area contributed by atoms with E-state index in [4.69, 9.17) is 14.6 Å². The van der Waals surface area contributed by atoms with Gasteiger partial charge in [0, 0.05) is 6.92 Å². The van der Waals surface area contributed by atoms with E-state index in [1.807, 2.05) is 0 Å². The van der Waals surface area contributed by atoms with E-state index in [9.17, 15) is 9.59 Å². The van der Waals surface area contributed by atoms with Crippen LogP contribution in [0.25, 0.3) is 11.5 Å². The first-order chi connectivity index (χ1) is 8.49. The first-order valence-corrected chi connectivity index (χ1v) is 4.89. The molecule has 2 aromatic rings. The van der Waals surface area contributed by atoms with Crippen LogP contribution in [0, 0.1) is 6.92 Å². The number of carbonyl (C=O) groups is 2. The Kier molecular flexibility index (Phi) is 2.80. The minimum Gasteiger partial charge on any atom is -0.478 e. The summed E-state index contributed by atoms with van der Waals surface area (Å²) in [4.78, 5) is 29.4. The smallest absolute Gasteiger partial charge is 0.355 e. The zero-order valence-corrected chi connectivity index (χ0v) is 9.25. The molecule has 7 nitrogen and oxygen atoms in total. The molecule has 18 heavy (non-hydrogen) atoms. The van der Waals surface area contributed by atoms with E-state index in [1.54, 1.807) is 6.92 Å². The number of aryl methyl sites for hydroxylation is 1. The molecule has 0 atom stereocenters. The molecule has 0 unspecified atom stereocenters. The van der Waals surface area contributed by atoms with E-state index < -0.39 is 17.6 Å². The molecule has 7 heteroatoms. The molecule has 0 radical (unpaired) electrons. The van der Waals surface area contributed by atoms with Gasteiger partial charge in [-0.3, -0.25) is 0 Å². The van der Waals surface area contributed by atoms with Crippen molar-refractivity contribution in [3.63, 3.8) is 0 Å². The monoisotopic (exact) mass is 248 g/mol. The molecule has 0 aliphatic heterocycles. The Hall–Kier alpha value is -2.70. The third-order valence-electron chi connectivity index (χ3n) is 2.20. The molecule has 2 rings (SSSR count). The molecule has 92 valence electrons. The summed E-state index contributed by atoms with van der Waals surface area (Å²) >= 11 is 0. The van der Waals surface area contributed by atoms with Crippen LogP contribution in [-0.4, -0.2) is 32.1 Å². The molecule has 2 N–H and O–H groups in total. The average molecular weight is 248 g/mol. The van der Waals surface area contributed by atoms with Crippen LogP contribution >= 0.6 is 0 Å². The normalized spacial score (nSPS) is 10.3. The fourth-order valence-corrected chi connectivity index (χ4v) is 1.41. The standard InChI is InChI=1S/C11H8N2O5/c1-5-12-4-8(18-5)7-3-2-6(10(14)15)9(13-7)11(16)17/h2-4H,1H3,(H,14,15)(H,16,17).